The average Bonchev–Trinajstić information content (AvgIpc) is 2.40. The minimum Gasteiger partial charge on any atom is -0.469 e. The van der Waals surface area contributed by atoms with Crippen molar-refractivity contribution in [1.82, 2.24) is 0 Å². The average molecular weight is 270 g/mol. The Kier molecular flexibility index (Phi) is 12.4. The molecule has 0 unspecified atom stereocenters. The van der Waals surface area contributed by atoms with Crippen LogP contribution in [0.15, 0.2) is 0 Å². The van der Waals surface area contributed by atoms with Crippen LogP contribution in [0.1, 0.15) is 70.6 Å². The normalized spacial score (nSPS) is 10.2. The minimum absolute atomic E-state index is 0.0535. The Morgan fingerprint density at radius 1 is 0.842 bits per heavy atom. The summed E-state index contributed by atoms with van der Waals surface area (Å²) in [5.41, 5.74) is 0. The van der Waals surface area contributed by atoms with E-state index in [0.717, 1.165) is 38.5 Å². The molecule has 0 aromatic heterocycles. The van der Waals surface area contributed by atoms with E-state index in [1.807, 2.05) is 0 Å². The summed E-state index contributed by atoms with van der Waals surface area (Å²) in [5, 5.41) is 0. The predicted molar refractivity (Wildman–Crippen MR) is 73.9 cm³/mol. The molecule has 0 aliphatic heterocycles. The molecule has 0 fully saturated rings. The van der Waals surface area contributed by atoms with Gasteiger partial charge in [0.05, 0.1) is 13.5 Å². The number of aldehydes is 1. The van der Waals surface area contributed by atoms with Gasteiger partial charge in [-0.25, -0.2) is 0 Å². The van der Waals surface area contributed by atoms with Crippen LogP contribution in [0.25, 0.3) is 0 Å². The molecule has 0 N–H and O–H groups in total. The molecule has 0 amide bonds. The van der Waals surface area contributed by atoms with Gasteiger partial charge in [0, 0.05) is 12.8 Å². The second-order valence-corrected chi connectivity index (χ2v) is 4.81. The quantitative estimate of drug-likeness (QED) is 0.223. The summed E-state index contributed by atoms with van der Waals surface area (Å²) >= 11 is 0. The fourth-order valence-corrected chi connectivity index (χ4v) is 1.95. The van der Waals surface area contributed by atoms with Crippen molar-refractivity contribution in [3.8, 4) is 0 Å². The molecular weight excluding hydrogens is 244 g/mol. The monoisotopic (exact) mass is 270 g/mol. The lowest BCUT2D eigenvalue weighted by atomic mass is 10.0. The van der Waals surface area contributed by atoms with Crippen LogP contribution in [-0.4, -0.2) is 25.1 Å². The Hall–Kier alpha value is -1.19. The molecule has 0 aromatic rings. The van der Waals surface area contributed by atoms with E-state index >= 15 is 0 Å². The second-order valence-electron chi connectivity index (χ2n) is 4.81. The molecule has 0 atom stereocenters. The minimum atomic E-state index is -0.125. The number of ether oxygens (including phenoxy) is 1. The summed E-state index contributed by atoms with van der Waals surface area (Å²) < 4.78 is 4.57. The predicted octanol–water partition coefficient (Wildman–Crippen LogP) is 3.22. The third-order valence-electron chi connectivity index (χ3n) is 3.13. The van der Waals surface area contributed by atoms with E-state index in [0.29, 0.717) is 19.1 Å². The van der Waals surface area contributed by atoms with E-state index in [-0.39, 0.29) is 18.2 Å². The van der Waals surface area contributed by atoms with Crippen LogP contribution >= 0.6 is 0 Å². The smallest absolute Gasteiger partial charge is 0.305 e. The van der Waals surface area contributed by atoms with E-state index < -0.39 is 0 Å². The first-order valence-corrected chi connectivity index (χ1v) is 7.23. The zero-order valence-electron chi connectivity index (χ0n) is 12.0. The molecule has 0 radical (unpaired) electrons. The molecule has 0 saturated heterocycles. The Labute approximate surface area is 115 Å². The molecule has 0 rings (SSSR count). The van der Waals surface area contributed by atoms with Gasteiger partial charge in [-0.3, -0.25) is 9.59 Å². The third-order valence-corrected chi connectivity index (χ3v) is 3.13. The van der Waals surface area contributed by atoms with E-state index in [2.05, 4.69) is 4.74 Å². The van der Waals surface area contributed by atoms with Gasteiger partial charge in [-0.05, 0) is 12.8 Å². The number of unbranched alkanes of at least 4 members (excludes halogenated alkanes) is 7. The Balaban J connectivity index is 3.13. The van der Waals surface area contributed by atoms with Crippen molar-refractivity contribution in [1.29, 1.82) is 0 Å². The van der Waals surface area contributed by atoms with Crippen LogP contribution in [0.4, 0.5) is 0 Å². The molecule has 0 aromatic carbocycles. The van der Waals surface area contributed by atoms with Gasteiger partial charge in [0.2, 0.25) is 0 Å². The highest BCUT2D eigenvalue weighted by atomic mass is 16.5. The molecule has 0 aliphatic rings. The molecule has 110 valence electrons. The van der Waals surface area contributed by atoms with E-state index in [1.165, 1.54) is 20.0 Å². The van der Waals surface area contributed by atoms with Gasteiger partial charge in [0.25, 0.3) is 0 Å². The van der Waals surface area contributed by atoms with Crippen LogP contribution in [0.5, 0.6) is 0 Å². The van der Waals surface area contributed by atoms with E-state index in [9.17, 15) is 14.4 Å². The SMILES string of the molecule is COC(=O)CCCCCCCCCCC(=O)CC=O. The number of carbonyl (C=O) groups is 3. The zero-order chi connectivity index (χ0) is 14.3. The molecule has 19 heavy (non-hydrogen) atoms. The first-order valence-electron chi connectivity index (χ1n) is 7.23. The largest absolute Gasteiger partial charge is 0.469 e. The Morgan fingerprint density at radius 3 is 1.79 bits per heavy atom. The van der Waals surface area contributed by atoms with Crippen molar-refractivity contribution in [2.45, 2.75) is 70.6 Å². The van der Waals surface area contributed by atoms with Gasteiger partial charge in [-0.2, -0.15) is 0 Å². The summed E-state index contributed by atoms with van der Waals surface area (Å²) in [4.78, 5) is 32.0. The van der Waals surface area contributed by atoms with E-state index in [4.69, 9.17) is 0 Å². The first-order chi connectivity index (χ1) is 9.20. The first kappa shape index (κ1) is 17.8. The fourth-order valence-electron chi connectivity index (χ4n) is 1.95. The molecular formula is C15H26O4. The van der Waals surface area contributed by atoms with Gasteiger partial charge in [-0.15, -0.1) is 0 Å². The molecule has 4 nitrogen and oxygen atoms in total. The number of carbonyl (C=O) groups excluding carboxylic acids is 3. The number of Topliss-reactive ketones (excluding diaryl/α,β-unsaturated/α-hetero) is 1. The fraction of sp³-hybridized carbons (Fsp3) is 0.800. The van der Waals surface area contributed by atoms with Crippen molar-refractivity contribution < 1.29 is 19.1 Å². The summed E-state index contributed by atoms with van der Waals surface area (Å²) in [7, 11) is 1.42. The maximum Gasteiger partial charge on any atom is 0.305 e. The molecule has 0 saturated carbocycles. The van der Waals surface area contributed by atoms with Crippen LogP contribution in [-0.2, 0) is 19.1 Å². The summed E-state index contributed by atoms with van der Waals surface area (Å²) in [6, 6.07) is 0. The number of hydrogen-bond acceptors (Lipinski definition) is 4. The maximum atomic E-state index is 11.1. The summed E-state index contributed by atoms with van der Waals surface area (Å²) in [5.74, 6) is -0.0715. The number of esters is 1. The van der Waals surface area contributed by atoms with Crippen molar-refractivity contribution in [3.05, 3.63) is 0 Å². The van der Waals surface area contributed by atoms with Crippen LogP contribution < -0.4 is 0 Å². The second kappa shape index (κ2) is 13.2. The highest BCUT2D eigenvalue weighted by Gasteiger charge is 2.01. The van der Waals surface area contributed by atoms with Crippen molar-refractivity contribution >= 4 is 18.0 Å². The molecule has 0 heterocycles. The van der Waals surface area contributed by atoms with Gasteiger partial charge >= 0.3 is 5.97 Å². The van der Waals surface area contributed by atoms with Gasteiger partial charge in [0.15, 0.2) is 0 Å². The summed E-state index contributed by atoms with van der Waals surface area (Å²) in [6.45, 7) is 0. The van der Waals surface area contributed by atoms with Crippen molar-refractivity contribution in [2.24, 2.45) is 0 Å². The van der Waals surface area contributed by atoms with E-state index in [1.54, 1.807) is 0 Å². The highest BCUT2D eigenvalue weighted by molar-refractivity contribution is 5.89. The van der Waals surface area contributed by atoms with Crippen LogP contribution in [0, 0.1) is 0 Å². The molecule has 0 aliphatic carbocycles. The highest BCUT2D eigenvalue weighted by Crippen LogP contribution is 2.11. The van der Waals surface area contributed by atoms with Crippen LogP contribution in [0.2, 0.25) is 0 Å². The number of hydrogen-bond donors (Lipinski definition) is 0. The van der Waals surface area contributed by atoms with Crippen LogP contribution in [0.3, 0.4) is 0 Å². The Bertz CT molecular complexity index is 261. The Morgan fingerprint density at radius 2 is 1.32 bits per heavy atom. The maximum absolute atomic E-state index is 11.1. The van der Waals surface area contributed by atoms with Crippen molar-refractivity contribution in [2.75, 3.05) is 7.11 Å². The van der Waals surface area contributed by atoms with Gasteiger partial charge < -0.3 is 9.53 Å². The lowest BCUT2D eigenvalue weighted by molar-refractivity contribution is -0.140. The topological polar surface area (TPSA) is 60.4 Å². The lowest BCUT2D eigenvalue weighted by Crippen LogP contribution is -1.99. The molecule has 4 heteroatoms. The molecule has 0 bridgehead atoms. The number of rotatable bonds is 13. The van der Waals surface area contributed by atoms with Gasteiger partial charge in [-0.1, -0.05) is 38.5 Å². The van der Waals surface area contributed by atoms with Gasteiger partial charge in [0.1, 0.15) is 12.1 Å². The summed E-state index contributed by atoms with van der Waals surface area (Å²) in [6.07, 6.45) is 10.4. The zero-order valence-corrected chi connectivity index (χ0v) is 12.0. The molecule has 0 spiro atoms. The number of ketones is 1. The van der Waals surface area contributed by atoms with Crippen molar-refractivity contribution in [3.63, 3.8) is 0 Å². The third kappa shape index (κ3) is 13.0. The standard InChI is InChI=1S/C15H26O4/c1-19-15(18)11-9-7-5-3-2-4-6-8-10-14(17)12-13-16/h13H,2-12H2,1H3. The lowest BCUT2D eigenvalue weighted by Gasteiger charge is -2.02. The number of methoxy groups -OCH3 is 1.